The Kier molecular flexibility index (Phi) is 8.59. The van der Waals surface area contributed by atoms with Crippen LogP contribution in [0.25, 0.3) is 22.3 Å². The molecule has 0 spiro atoms. The van der Waals surface area contributed by atoms with E-state index in [-0.39, 0.29) is 10.8 Å². The molecule has 4 heterocycles. The normalized spacial score (nSPS) is 19.8. The summed E-state index contributed by atoms with van der Waals surface area (Å²) in [6.45, 7) is 8.08. The third-order valence-corrected chi connectivity index (χ3v) is 10.1. The number of aromatic nitrogens is 2. The average Bonchev–Trinajstić information content (AvgIpc) is 2.96. The number of fused-ring (bicyclic) bond motifs is 1. The van der Waals surface area contributed by atoms with Gasteiger partial charge in [-0.1, -0.05) is 19.4 Å². The highest BCUT2D eigenvalue weighted by Gasteiger charge is 2.29. The molecule has 39 heavy (non-hydrogen) atoms. The van der Waals surface area contributed by atoms with E-state index in [1.165, 1.54) is 19.3 Å². The second-order valence-electron chi connectivity index (χ2n) is 11.0. The van der Waals surface area contributed by atoms with Crippen molar-refractivity contribution in [3.63, 3.8) is 0 Å². The Balaban J connectivity index is 1.42. The number of nitrogens with zero attached hydrogens (tertiary/aromatic N) is 4. The van der Waals surface area contributed by atoms with Crippen LogP contribution in [-0.4, -0.2) is 72.3 Å². The van der Waals surface area contributed by atoms with Crippen molar-refractivity contribution in [3.8, 4) is 11.4 Å². The Labute approximate surface area is 231 Å². The zero-order chi connectivity index (χ0) is 27.4. The number of rotatable bonds is 8. The molecule has 208 valence electrons. The standard InChI is InChI=1S/C30H39N5O3S/c1-22-12-18-35(19-13-22)39(37,38)24-10-11-27-25(20-24)26(21-29(33-27)28-9-3-5-14-31-28)30(36)32-15-7-17-34-16-6-4-8-23(34)2/h3,5,9-11,14,20-23H,4,6-8,12-13,15-19H2,1-2H3,(H,32,36)/t23-/m1/s1. The van der Waals surface area contributed by atoms with Crippen LogP contribution in [0, 0.1) is 5.92 Å². The molecular formula is C30H39N5O3S. The summed E-state index contributed by atoms with van der Waals surface area (Å²) < 4.78 is 28.5. The topological polar surface area (TPSA) is 95.5 Å². The Morgan fingerprint density at radius 2 is 1.82 bits per heavy atom. The van der Waals surface area contributed by atoms with Gasteiger partial charge in [0.15, 0.2) is 0 Å². The first-order chi connectivity index (χ1) is 18.8. The van der Waals surface area contributed by atoms with Crippen molar-refractivity contribution in [2.24, 2.45) is 5.92 Å². The zero-order valence-electron chi connectivity index (χ0n) is 23.0. The van der Waals surface area contributed by atoms with Crippen molar-refractivity contribution >= 4 is 26.8 Å². The smallest absolute Gasteiger partial charge is 0.252 e. The molecule has 9 heteroatoms. The van der Waals surface area contributed by atoms with Crippen molar-refractivity contribution in [2.75, 3.05) is 32.7 Å². The molecule has 2 saturated heterocycles. The lowest BCUT2D eigenvalue weighted by molar-refractivity contribution is 0.0950. The highest BCUT2D eigenvalue weighted by atomic mass is 32.2. The molecule has 1 N–H and O–H groups in total. The first kappa shape index (κ1) is 27.7. The van der Waals surface area contributed by atoms with Crippen LogP contribution in [0.15, 0.2) is 53.6 Å². The van der Waals surface area contributed by atoms with Crippen molar-refractivity contribution in [1.29, 1.82) is 0 Å². The maximum absolute atomic E-state index is 13.5. The van der Waals surface area contributed by atoms with E-state index in [9.17, 15) is 13.2 Å². The summed E-state index contributed by atoms with van der Waals surface area (Å²) in [4.78, 5) is 25.4. The van der Waals surface area contributed by atoms with E-state index in [4.69, 9.17) is 4.98 Å². The van der Waals surface area contributed by atoms with Crippen LogP contribution >= 0.6 is 0 Å². The van der Waals surface area contributed by atoms with Crippen LogP contribution in [0.3, 0.4) is 0 Å². The number of piperidine rings is 2. The number of carbonyl (C=O) groups is 1. The molecule has 1 aromatic carbocycles. The number of benzene rings is 1. The molecular weight excluding hydrogens is 510 g/mol. The van der Waals surface area contributed by atoms with Gasteiger partial charge in [0.25, 0.3) is 5.91 Å². The predicted molar refractivity (Wildman–Crippen MR) is 154 cm³/mol. The molecule has 2 aliphatic heterocycles. The molecule has 5 rings (SSSR count). The summed E-state index contributed by atoms with van der Waals surface area (Å²) in [5, 5.41) is 3.61. The second kappa shape index (κ2) is 12.1. The molecule has 0 radical (unpaired) electrons. The number of hydrogen-bond acceptors (Lipinski definition) is 6. The Bertz CT molecular complexity index is 1400. The largest absolute Gasteiger partial charge is 0.352 e. The monoisotopic (exact) mass is 549 g/mol. The van der Waals surface area contributed by atoms with Gasteiger partial charge in [-0.25, -0.2) is 13.4 Å². The Hall–Kier alpha value is -2.88. The number of sulfonamides is 1. The van der Waals surface area contributed by atoms with E-state index in [1.54, 1.807) is 34.8 Å². The molecule has 0 bridgehead atoms. The predicted octanol–water partition coefficient (Wildman–Crippen LogP) is 4.71. The molecule has 0 unspecified atom stereocenters. The number of nitrogens with one attached hydrogen (secondary N) is 1. The first-order valence-electron chi connectivity index (χ1n) is 14.2. The van der Waals surface area contributed by atoms with Gasteiger partial charge in [0.05, 0.1) is 27.4 Å². The van der Waals surface area contributed by atoms with Gasteiger partial charge in [-0.15, -0.1) is 0 Å². The van der Waals surface area contributed by atoms with E-state index in [1.807, 2.05) is 18.2 Å². The lowest BCUT2D eigenvalue weighted by Gasteiger charge is -2.33. The summed E-state index contributed by atoms with van der Waals surface area (Å²) in [6.07, 6.45) is 8.01. The number of pyridine rings is 2. The van der Waals surface area contributed by atoms with Gasteiger partial charge in [0, 0.05) is 43.8 Å². The van der Waals surface area contributed by atoms with Crippen molar-refractivity contribution < 1.29 is 13.2 Å². The first-order valence-corrected chi connectivity index (χ1v) is 15.7. The molecule has 2 aliphatic rings. The Morgan fingerprint density at radius 3 is 2.56 bits per heavy atom. The number of carbonyl (C=O) groups excluding carboxylic acids is 1. The van der Waals surface area contributed by atoms with Crippen LogP contribution in [0.4, 0.5) is 0 Å². The molecule has 1 amide bonds. The third-order valence-electron chi connectivity index (χ3n) is 8.18. The number of likely N-dealkylation sites (tertiary alicyclic amines) is 1. The summed E-state index contributed by atoms with van der Waals surface area (Å²) in [5.41, 5.74) is 2.22. The Morgan fingerprint density at radius 1 is 1.00 bits per heavy atom. The van der Waals surface area contributed by atoms with Crippen molar-refractivity contribution in [2.45, 2.75) is 63.3 Å². The lowest BCUT2D eigenvalue weighted by atomic mass is 10.0. The van der Waals surface area contributed by atoms with E-state index in [0.29, 0.717) is 59.4 Å². The van der Waals surface area contributed by atoms with Crippen LogP contribution in [-0.2, 0) is 10.0 Å². The van der Waals surface area contributed by atoms with Gasteiger partial charge in [-0.2, -0.15) is 4.31 Å². The van der Waals surface area contributed by atoms with Crippen LogP contribution < -0.4 is 5.32 Å². The van der Waals surface area contributed by atoms with Gasteiger partial charge in [-0.3, -0.25) is 9.78 Å². The summed E-state index contributed by atoms with van der Waals surface area (Å²) in [7, 11) is -3.66. The summed E-state index contributed by atoms with van der Waals surface area (Å²) >= 11 is 0. The zero-order valence-corrected chi connectivity index (χ0v) is 23.8. The van der Waals surface area contributed by atoms with Crippen LogP contribution in [0.1, 0.15) is 62.7 Å². The minimum Gasteiger partial charge on any atom is -0.352 e. The molecule has 0 saturated carbocycles. The highest BCUT2D eigenvalue weighted by Crippen LogP contribution is 2.29. The van der Waals surface area contributed by atoms with Crippen LogP contribution in [0.2, 0.25) is 0 Å². The molecule has 1 atom stereocenters. The fourth-order valence-corrected chi connectivity index (χ4v) is 7.14. The highest BCUT2D eigenvalue weighted by molar-refractivity contribution is 7.89. The van der Waals surface area contributed by atoms with E-state index in [0.717, 1.165) is 32.4 Å². The van der Waals surface area contributed by atoms with E-state index in [2.05, 4.69) is 29.0 Å². The fraction of sp³-hybridized carbons (Fsp3) is 0.500. The molecule has 2 aromatic heterocycles. The van der Waals surface area contributed by atoms with Crippen molar-refractivity contribution in [1.82, 2.24) is 24.5 Å². The number of hydrogen-bond donors (Lipinski definition) is 1. The minimum atomic E-state index is -3.66. The SMILES string of the molecule is CC1CCN(S(=O)(=O)c2ccc3nc(-c4ccccn4)cc(C(=O)NCCCN4CCCC[C@H]4C)c3c2)CC1. The van der Waals surface area contributed by atoms with Crippen molar-refractivity contribution in [3.05, 3.63) is 54.2 Å². The van der Waals surface area contributed by atoms with Gasteiger partial charge in [0.2, 0.25) is 10.0 Å². The summed E-state index contributed by atoms with van der Waals surface area (Å²) in [5.74, 6) is 0.295. The van der Waals surface area contributed by atoms with Gasteiger partial charge < -0.3 is 10.2 Å². The number of amides is 1. The summed E-state index contributed by atoms with van der Waals surface area (Å²) in [6, 6.07) is 12.8. The third kappa shape index (κ3) is 6.31. The molecule has 8 nitrogen and oxygen atoms in total. The van der Waals surface area contributed by atoms with Gasteiger partial charge >= 0.3 is 0 Å². The molecule has 0 aliphatic carbocycles. The molecule has 3 aromatic rings. The second-order valence-corrected chi connectivity index (χ2v) is 13.0. The quantitative estimate of drug-likeness (QED) is 0.409. The van der Waals surface area contributed by atoms with E-state index < -0.39 is 10.0 Å². The van der Waals surface area contributed by atoms with Crippen LogP contribution in [0.5, 0.6) is 0 Å². The maximum atomic E-state index is 13.5. The van der Waals surface area contributed by atoms with E-state index >= 15 is 0 Å². The minimum absolute atomic E-state index is 0.199. The molecule has 2 fully saturated rings. The average molecular weight is 550 g/mol. The van der Waals surface area contributed by atoms with Gasteiger partial charge in [-0.05, 0) is 87.9 Å². The lowest BCUT2D eigenvalue weighted by Crippen LogP contribution is -2.39. The van der Waals surface area contributed by atoms with Gasteiger partial charge in [0.1, 0.15) is 0 Å². The fourth-order valence-electron chi connectivity index (χ4n) is 5.64. The maximum Gasteiger partial charge on any atom is 0.252 e.